The molecule has 0 spiro atoms. The molecule has 2 aromatic rings. The Morgan fingerprint density at radius 2 is 2.00 bits per heavy atom. The molecule has 8 heteroatoms. The van der Waals surface area contributed by atoms with Gasteiger partial charge in [-0.3, -0.25) is 4.79 Å². The van der Waals surface area contributed by atoms with Crippen LogP contribution < -0.4 is 10.0 Å². The van der Waals surface area contributed by atoms with Gasteiger partial charge < -0.3 is 14.5 Å². The van der Waals surface area contributed by atoms with Crippen molar-refractivity contribution in [2.75, 3.05) is 13.2 Å². The summed E-state index contributed by atoms with van der Waals surface area (Å²) in [5.41, 5.74) is 0.406. The second-order valence-corrected chi connectivity index (χ2v) is 7.54. The molecule has 1 atom stereocenters. The first-order valence-electron chi connectivity index (χ1n) is 8.06. The number of carbonyl (C=O) groups excluding carboxylic acids is 1. The van der Waals surface area contributed by atoms with Crippen molar-refractivity contribution >= 4 is 15.9 Å². The zero-order valence-corrected chi connectivity index (χ0v) is 14.4. The van der Waals surface area contributed by atoms with E-state index in [2.05, 4.69) is 10.0 Å². The van der Waals surface area contributed by atoms with Crippen molar-refractivity contribution < 1.29 is 22.4 Å². The molecule has 1 aliphatic heterocycles. The standard InChI is InChI=1S/C17H20N2O5S/c20-17(18-11-14-3-1-9-23-14)13-5-7-16(8-6-13)25(21,22)19-12-15-4-2-10-24-15/h2,4-8,10,14,19H,1,3,9,11-12H2,(H,18,20)/t14-/m0/s1. The SMILES string of the molecule is O=C(NC[C@@H]1CCCO1)c1ccc(S(=O)(=O)NCc2ccco2)cc1. The van der Waals surface area contributed by atoms with Crippen LogP contribution in [0.5, 0.6) is 0 Å². The van der Waals surface area contributed by atoms with Crippen LogP contribution in [0.3, 0.4) is 0 Å². The first-order valence-corrected chi connectivity index (χ1v) is 9.55. The Morgan fingerprint density at radius 1 is 1.20 bits per heavy atom. The van der Waals surface area contributed by atoms with Gasteiger partial charge in [0, 0.05) is 18.7 Å². The van der Waals surface area contributed by atoms with Gasteiger partial charge in [-0.15, -0.1) is 0 Å². The molecular formula is C17H20N2O5S. The average Bonchev–Trinajstić information content (AvgIpc) is 3.31. The number of hydrogen-bond acceptors (Lipinski definition) is 5. The molecular weight excluding hydrogens is 344 g/mol. The predicted molar refractivity (Wildman–Crippen MR) is 90.5 cm³/mol. The van der Waals surface area contributed by atoms with Crippen LogP contribution in [0.2, 0.25) is 0 Å². The highest BCUT2D eigenvalue weighted by Gasteiger charge is 2.18. The van der Waals surface area contributed by atoms with E-state index in [-0.39, 0.29) is 23.5 Å². The molecule has 2 N–H and O–H groups in total. The van der Waals surface area contributed by atoms with Gasteiger partial charge in [0.25, 0.3) is 5.91 Å². The smallest absolute Gasteiger partial charge is 0.251 e. The zero-order chi connectivity index (χ0) is 17.7. The molecule has 25 heavy (non-hydrogen) atoms. The van der Waals surface area contributed by atoms with Gasteiger partial charge in [0.2, 0.25) is 10.0 Å². The van der Waals surface area contributed by atoms with Crippen molar-refractivity contribution in [2.24, 2.45) is 0 Å². The van der Waals surface area contributed by atoms with E-state index in [9.17, 15) is 13.2 Å². The minimum absolute atomic E-state index is 0.0643. The van der Waals surface area contributed by atoms with Crippen LogP contribution >= 0.6 is 0 Å². The summed E-state index contributed by atoms with van der Waals surface area (Å²) in [6, 6.07) is 9.17. The van der Waals surface area contributed by atoms with Gasteiger partial charge >= 0.3 is 0 Å². The highest BCUT2D eigenvalue weighted by molar-refractivity contribution is 7.89. The molecule has 7 nitrogen and oxygen atoms in total. The van der Waals surface area contributed by atoms with Gasteiger partial charge in [0.05, 0.1) is 23.8 Å². The quantitative estimate of drug-likeness (QED) is 0.779. The second-order valence-electron chi connectivity index (χ2n) is 5.77. The number of nitrogens with one attached hydrogen (secondary N) is 2. The minimum atomic E-state index is -3.67. The molecule has 0 radical (unpaired) electrons. The van der Waals surface area contributed by atoms with Crippen molar-refractivity contribution in [1.82, 2.24) is 10.0 Å². The zero-order valence-electron chi connectivity index (χ0n) is 13.6. The number of benzene rings is 1. The fourth-order valence-electron chi connectivity index (χ4n) is 2.56. The highest BCUT2D eigenvalue weighted by atomic mass is 32.2. The molecule has 134 valence electrons. The van der Waals surface area contributed by atoms with E-state index in [1.54, 1.807) is 12.1 Å². The van der Waals surface area contributed by atoms with E-state index < -0.39 is 10.0 Å². The van der Waals surface area contributed by atoms with Crippen molar-refractivity contribution in [2.45, 2.75) is 30.4 Å². The Kier molecular flexibility index (Phi) is 5.52. The third-order valence-electron chi connectivity index (χ3n) is 3.96. The summed E-state index contributed by atoms with van der Waals surface area (Å²) < 4.78 is 37.5. The topological polar surface area (TPSA) is 97.6 Å². The van der Waals surface area contributed by atoms with Crippen molar-refractivity contribution in [3.8, 4) is 0 Å². The first-order chi connectivity index (χ1) is 12.0. The molecule has 0 bridgehead atoms. The molecule has 1 amide bonds. The normalized spacial score (nSPS) is 17.5. The second kappa shape index (κ2) is 7.81. The van der Waals surface area contributed by atoms with Crippen LogP contribution in [-0.2, 0) is 21.3 Å². The average molecular weight is 364 g/mol. The van der Waals surface area contributed by atoms with E-state index in [0.717, 1.165) is 19.4 Å². The maximum absolute atomic E-state index is 12.2. The molecule has 3 rings (SSSR count). The highest BCUT2D eigenvalue weighted by Crippen LogP contribution is 2.13. The fourth-order valence-corrected chi connectivity index (χ4v) is 3.56. The maximum atomic E-state index is 12.2. The molecule has 0 saturated carbocycles. The number of amides is 1. The predicted octanol–water partition coefficient (Wildman–Crippen LogP) is 1.67. The Bertz CT molecular complexity index is 794. The Morgan fingerprint density at radius 3 is 2.64 bits per heavy atom. The van der Waals surface area contributed by atoms with Gasteiger partial charge in [0.1, 0.15) is 5.76 Å². The lowest BCUT2D eigenvalue weighted by Gasteiger charge is -2.11. The summed E-state index contributed by atoms with van der Waals surface area (Å²) in [7, 11) is -3.67. The number of carbonyl (C=O) groups is 1. The van der Waals surface area contributed by atoms with E-state index in [4.69, 9.17) is 9.15 Å². The van der Waals surface area contributed by atoms with Gasteiger partial charge in [0.15, 0.2) is 0 Å². The molecule has 1 aromatic heterocycles. The van der Waals surface area contributed by atoms with Gasteiger partial charge in [-0.1, -0.05) is 0 Å². The Labute approximate surface area is 146 Å². The monoisotopic (exact) mass is 364 g/mol. The molecule has 1 aliphatic rings. The number of sulfonamides is 1. The number of furan rings is 1. The number of ether oxygens (including phenoxy) is 1. The summed E-state index contributed by atoms with van der Waals surface area (Å²) in [6.07, 6.45) is 3.50. The molecule has 2 heterocycles. The summed E-state index contributed by atoms with van der Waals surface area (Å²) in [6.45, 7) is 1.26. The number of hydrogen-bond donors (Lipinski definition) is 2. The van der Waals surface area contributed by atoms with Crippen LogP contribution in [0.1, 0.15) is 29.0 Å². The van der Waals surface area contributed by atoms with Crippen molar-refractivity contribution in [1.29, 1.82) is 0 Å². The van der Waals surface area contributed by atoms with Gasteiger partial charge in [-0.25, -0.2) is 13.1 Å². The summed E-state index contributed by atoms with van der Waals surface area (Å²) in [5.74, 6) is 0.275. The minimum Gasteiger partial charge on any atom is -0.468 e. The van der Waals surface area contributed by atoms with E-state index >= 15 is 0 Å². The maximum Gasteiger partial charge on any atom is 0.251 e. The first kappa shape index (κ1) is 17.7. The van der Waals surface area contributed by atoms with Gasteiger partial charge in [-0.05, 0) is 49.2 Å². The molecule has 0 unspecified atom stereocenters. The summed E-state index contributed by atoms with van der Waals surface area (Å²) in [5, 5.41) is 2.80. The summed E-state index contributed by atoms with van der Waals surface area (Å²) >= 11 is 0. The largest absolute Gasteiger partial charge is 0.468 e. The third kappa shape index (κ3) is 4.68. The van der Waals surface area contributed by atoms with Crippen LogP contribution in [0.25, 0.3) is 0 Å². The van der Waals surface area contributed by atoms with Crippen molar-refractivity contribution in [3.05, 3.63) is 54.0 Å². The van der Waals surface area contributed by atoms with Crippen LogP contribution in [0.4, 0.5) is 0 Å². The molecule has 1 saturated heterocycles. The van der Waals surface area contributed by atoms with Gasteiger partial charge in [-0.2, -0.15) is 0 Å². The van der Waals surface area contributed by atoms with E-state index in [0.29, 0.717) is 17.9 Å². The van der Waals surface area contributed by atoms with Crippen LogP contribution in [-0.4, -0.2) is 33.6 Å². The summed E-state index contributed by atoms with van der Waals surface area (Å²) in [4.78, 5) is 12.2. The Balaban J connectivity index is 1.57. The number of rotatable bonds is 7. The van der Waals surface area contributed by atoms with E-state index in [1.807, 2.05) is 0 Å². The molecule has 1 aromatic carbocycles. The Hall–Kier alpha value is -2.16. The fraction of sp³-hybridized carbons (Fsp3) is 0.353. The lowest BCUT2D eigenvalue weighted by atomic mass is 10.2. The molecule has 1 fully saturated rings. The third-order valence-corrected chi connectivity index (χ3v) is 5.37. The van der Waals surface area contributed by atoms with Crippen LogP contribution in [0, 0.1) is 0 Å². The van der Waals surface area contributed by atoms with Crippen LogP contribution in [0.15, 0.2) is 52.0 Å². The molecule has 0 aliphatic carbocycles. The lowest BCUT2D eigenvalue weighted by molar-refractivity contribution is 0.0857. The lowest BCUT2D eigenvalue weighted by Crippen LogP contribution is -2.31. The van der Waals surface area contributed by atoms with E-state index in [1.165, 1.54) is 30.5 Å². The van der Waals surface area contributed by atoms with Crippen molar-refractivity contribution in [3.63, 3.8) is 0 Å².